The number of nitrogens with zero attached hydrogens (tertiary/aromatic N) is 2. The summed E-state index contributed by atoms with van der Waals surface area (Å²) in [5.74, 6) is -0.379. The van der Waals surface area contributed by atoms with Gasteiger partial charge in [-0.3, -0.25) is 9.59 Å². The monoisotopic (exact) mass is 254 g/mol. The molecule has 0 aromatic carbocycles. The Hall–Kier alpha value is -1.47. The van der Waals surface area contributed by atoms with E-state index in [4.69, 9.17) is 4.74 Å². The number of ether oxygens (including phenoxy) is 1. The van der Waals surface area contributed by atoms with E-state index in [-0.39, 0.29) is 17.9 Å². The molecule has 2 rings (SSSR count). The second-order valence-corrected chi connectivity index (χ2v) is 4.56. The summed E-state index contributed by atoms with van der Waals surface area (Å²) in [4.78, 5) is 24.8. The first-order valence-electron chi connectivity index (χ1n) is 6.09. The lowest BCUT2D eigenvalue weighted by Gasteiger charge is -2.30. The summed E-state index contributed by atoms with van der Waals surface area (Å²) in [6, 6.07) is 0. The highest BCUT2D eigenvalue weighted by Gasteiger charge is 2.21. The van der Waals surface area contributed by atoms with Crippen molar-refractivity contribution in [3.63, 3.8) is 0 Å². The number of rotatable bonds is 3. The summed E-state index contributed by atoms with van der Waals surface area (Å²) in [6.07, 6.45) is 0.726. The van der Waals surface area contributed by atoms with Crippen molar-refractivity contribution in [2.75, 3.05) is 33.3 Å². The number of carbonyl (C=O) groups is 2. The van der Waals surface area contributed by atoms with Crippen LogP contribution >= 0.6 is 0 Å². The van der Waals surface area contributed by atoms with E-state index in [1.165, 1.54) is 0 Å². The number of hydrogen-bond donors (Lipinski definition) is 2. The average molecular weight is 254 g/mol. The first-order chi connectivity index (χ1) is 8.65. The van der Waals surface area contributed by atoms with Gasteiger partial charge in [-0.05, 0) is 7.05 Å². The quantitative estimate of drug-likeness (QED) is 0.655. The maximum atomic E-state index is 11.8. The zero-order chi connectivity index (χ0) is 13.0. The summed E-state index contributed by atoms with van der Waals surface area (Å²) in [5.41, 5.74) is 2.68. The van der Waals surface area contributed by atoms with E-state index in [1.54, 1.807) is 0 Å². The van der Waals surface area contributed by atoms with Gasteiger partial charge in [-0.2, -0.15) is 5.10 Å². The van der Waals surface area contributed by atoms with Crippen LogP contribution in [0.4, 0.5) is 0 Å². The Balaban J connectivity index is 1.76. The van der Waals surface area contributed by atoms with Gasteiger partial charge in [-0.15, -0.1) is 0 Å². The van der Waals surface area contributed by atoms with Crippen LogP contribution in [0.15, 0.2) is 5.10 Å². The molecule has 2 heterocycles. The molecule has 100 valence electrons. The fraction of sp³-hybridized carbons (Fsp3) is 0.727. The number of carbonyl (C=O) groups excluding carboxylic acids is 2. The molecule has 1 fully saturated rings. The smallest absolute Gasteiger partial charge is 0.267 e. The Morgan fingerprint density at radius 3 is 3.11 bits per heavy atom. The highest BCUT2D eigenvalue weighted by molar-refractivity contribution is 6.39. The van der Waals surface area contributed by atoms with Crippen molar-refractivity contribution in [1.29, 1.82) is 0 Å². The van der Waals surface area contributed by atoms with Crippen molar-refractivity contribution in [1.82, 2.24) is 15.6 Å². The van der Waals surface area contributed by atoms with E-state index in [0.29, 0.717) is 31.7 Å². The van der Waals surface area contributed by atoms with E-state index in [9.17, 15) is 9.59 Å². The molecule has 0 aromatic rings. The number of amides is 2. The van der Waals surface area contributed by atoms with Gasteiger partial charge >= 0.3 is 0 Å². The number of nitrogens with one attached hydrogen (secondary N) is 2. The number of morpholine rings is 1. The van der Waals surface area contributed by atoms with Gasteiger partial charge in [0, 0.05) is 32.5 Å². The normalized spacial score (nSPS) is 25.3. The molecule has 0 radical (unpaired) electrons. The van der Waals surface area contributed by atoms with Gasteiger partial charge in [0.1, 0.15) is 5.71 Å². The molecule has 2 amide bonds. The van der Waals surface area contributed by atoms with Crippen LogP contribution < -0.4 is 10.7 Å². The Bertz CT molecular complexity index is 369. The molecular formula is C11H18N4O3. The van der Waals surface area contributed by atoms with E-state index in [0.717, 1.165) is 13.1 Å². The summed E-state index contributed by atoms with van der Waals surface area (Å²) >= 11 is 0. The second-order valence-electron chi connectivity index (χ2n) is 4.56. The number of hydrazone groups is 1. The molecule has 0 aromatic heterocycles. The Kier molecular flexibility index (Phi) is 4.27. The largest absolute Gasteiger partial charge is 0.374 e. The van der Waals surface area contributed by atoms with E-state index in [1.807, 2.05) is 7.05 Å². The first-order valence-corrected chi connectivity index (χ1v) is 6.09. The molecule has 0 aliphatic carbocycles. The predicted molar refractivity (Wildman–Crippen MR) is 65.1 cm³/mol. The Labute approximate surface area is 106 Å². The maximum absolute atomic E-state index is 11.8. The molecule has 0 saturated carbocycles. The molecule has 18 heavy (non-hydrogen) atoms. The van der Waals surface area contributed by atoms with Crippen LogP contribution in [0.2, 0.25) is 0 Å². The van der Waals surface area contributed by atoms with E-state index >= 15 is 0 Å². The number of likely N-dealkylation sites (N-methyl/N-ethyl adjacent to an activating group) is 1. The molecule has 2 aliphatic heterocycles. The minimum Gasteiger partial charge on any atom is -0.374 e. The molecule has 2 aliphatic rings. The van der Waals surface area contributed by atoms with Crippen molar-refractivity contribution in [3.8, 4) is 0 Å². The highest BCUT2D eigenvalue weighted by atomic mass is 16.5. The molecule has 1 unspecified atom stereocenters. The van der Waals surface area contributed by atoms with Crippen molar-refractivity contribution >= 4 is 17.5 Å². The maximum Gasteiger partial charge on any atom is 0.267 e. The van der Waals surface area contributed by atoms with E-state index < -0.39 is 0 Å². The molecule has 1 saturated heterocycles. The van der Waals surface area contributed by atoms with Crippen LogP contribution in [0, 0.1) is 0 Å². The predicted octanol–water partition coefficient (Wildman–Crippen LogP) is -1.30. The van der Waals surface area contributed by atoms with E-state index in [2.05, 4.69) is 20.7 Å². The van der Waals surface area contributed by atoms with Gasteiger partial charge in [0.05, 0.1) is 12.7 Å². The third kappa shape index (κ3) is 3.51. The van der Waals surface area contributed by atoms with Crippen molar-refractivity contribution < 1.29 is 14.3 Å². The van der Waals surface area contributed by atoms with Crippen LogP contribution in [-0.2, 0) is 14.3 Å². The number of hydrogen-bond acceptors (Lipinski definition) is 5. The minimum absolute atomic E-state index is 0.0199. The van der Waals surface area contributed by atoms with Gasteiger partial charge in [-0.1, -0.05) is 0 Å². The van der Waals surface area contributed by atoms with Gasteiger partial charge in [0.25, 0.3) is 5.91 Å². The lowest BCUT2D eigenvalue weighted by Crippen LogP contribution is -2.47. The average Bonchev–Trinajstić information content (AvgIpc) is 2.37. The molecule has 7 heteroatoms. The van der Waals surface area contributed by atoms with Crippen molar-refractivity contribution in [2.45, 2.75) is 18.9 Å². The van der Waals surface area contributed by atoms with Gasteiger partial charge in [0.2, 0.25) is 5.91 Å². The van der Waals surface area contributed by atoms with Crippen molar-refractivity contribution in [2.24, 2.45) is 5.10 Å². The van der Waals surface area contributed by atoms with Gasteiger partial charge < -0.3 is 15.0 Å². The first kappa shape index (κ1) is 13.0. The van der Waals surface area contributed by atoms with Crippen LogP contribution in [-0.4, -0.2) is 61.8 Å². The lowest BCUT2D eigenvalue weighted by molar-refractivity contribution is -0.121. The van der Waals surface area contributed by atoms with Crippen LogP contribution in [0.3, 0.4) is 0 Å². The molecule has 0 spiro atoms. The third-order valence-corrected chi connectivity index (χ3v) is 3.00. The fourth-order valence-electron chi connectivity index (χ4n) is 1.94. The second kappa shape index (κ2) is 5.92. The van der Waals surface area contributed by atoms with Crippen LogP contribution in [0.1, 0.15) is 12.8 Å². The lowest BCUT2D eigenvalue weighted by atomic mass is 10.1. The minimum atomic E-state index is -0.230. The standard InChI is InChI=1S/C11H18N4O3/c1-15-4-5-18-8(7-15)6-12-11(17)9-2-3-10(16)14-13-9/h8H,2-7H2,1H3,(H,12,17)(H,14,16). The Morgan fingerprint density at radius 1 is 1.61 bits per heavy atom. The third-order valence-electron chi connectivity index (χ3n) is 3.00. The molecule has 0 bridgehead atoms. The zero-order valence-corrected chi connectivity index (χ0v) is 10.4. The summed E-state index contributed by atoms with van der Waals surface area (Å²) in [6.45, 7) is 2.89. The molecular weight excluding hydrogens is 236 g/mol. The molecule has 7 nitrogen and oxygen atoms in total. The van der Waals surface area contributed by atoms with Gasteiger partial charge in [-0.25, -0.2) is 5.43 Å². The zero-order valence-electron chi connectivity index (χ0n) is 10.4. The molecule has 1 atom stereocenters. The van der Waals surface area contributed by atoms with Crippen molar-refractivity contribution in [3.05, 3.63) is 0 Å². The Morgan fingerprint density at radius 2 is 2.44 bits per heavy atom. The fourth-order valence-corrected chi connectivity index (χ4v) is 1.94. The van der Waals surface area contributed by atoms with Crippen LogP contribution in [0.25, 0.3) is 0 Å². The topological polar surface area (TPSA) is 83.0 Å². The SMILES string of the molecule is CN1CCOC(CNC(=O)C2=NNC(=O)CC2)C1. The molecule has 2 N–H and O–H groups in total. The summed E-state index contributed by atoms with van der Waals surface area (Å²) in [7, 11) is 2.03. The highest BCUT2D eigenvalue weighted by Crippen LogP contribution is 2.03. The van der Waals surface area contributed by atoms with Gasteiger partial charge in [0.15, 0.2) is 0 Å². The summed E-state index contributed by atoms with van der Waals surface area (Å²) < 4.78 is 5.54. The van der Waals surface area contributed by atoms with Crippen LogP contribution in [0.5, 0.6) is 0 Å². The summed E-state index contributed by atoms with van der Waals surface area (Å²) in [5, 5.41) is 6.53.